The molecule has 5 heteroatoms. The molecule has 0 fully saturated rings. The molecule has 152 valence electrons. The Bertz CT molecular complexity index is 1040. The van der Waals surface area contributed by atoms with E-state index in [0.29, 0.717) is 18.4 Å². The van der Waals surface area contributed by atoms with Crippen molar-refractivity contribution >= 4 is 17.4 Å². The van der Waals surface area contributed by atoms with Crippen LogP contribution < -0.4 is 0 Å². The molecule has 2 aromatic carbocycles. The van der Waals surface area contributed by atoms with Gasteiger partial charge < -0.3 is 4.90 Å². The molecular formula is C24H30N4O. The fraction of sp³-hybridized carbons (Fsp3) is 0.458. The van der Waals surface area contributed by atoms with Crippen molar-refractivity contribution in [3.05, 3.63) is 58.1 Å². The lowest BCUT2D eigenvalue weighted by atomic mass is 9.77. The molecule has 0 saturated carbocycles. The van der Waals surface area contributed by atoms with Gasteiger partial charge in [0.25, 0.3) is 0 Å². The van der Waals surface area contributed by atoms with Crippen LogP contribution in [0.4, 0.5) is 0 Å². The first-order valence-electron chi connectivity index (χ1n) is 10.7. The van der Waals surface area contributed by atoms with Crippen LogP contribution in [0.15, 0.2) is 30.3 Å². The number of aromatic nitrogens is 3. The molecule has 29 heavy (non-hydrogen) atoms. The van der Waals surface area contributed by atoms with Crippen molar-refractivity contribution < 1.29 is 4.79 Å². The standard InChI is InChI=1S/C24H30N4O/c1-5-16(3)23(19-8-7-18-11-12-27(15-29)14-20(18)13-19)21-9-10-22-24(17(21)4)25-26-28(22)6-2/h7-10,13,15-16,23H,5-6,11-12,14H2,1-4H3/t16?,23-/m0/s1. The number of rotatable bonds is 6. The molecule has 0 saturated heterocycles. The average molecular weight is 391 g/mol. The van der Waals surface area contributed by atoms with Gasteiger partial charge in [0.15, 0.2) is 0 Å². The lowest BCUT2D eigenvalue weighted by Gasteiger charge is -2.29. The molecule has 0 radical (unpaired) electrons. The quantitative estimate of drug-likeness (QED) is 0.584. The minimum Gasteiger partial charge on any atom is -0.341 e. The first-order chi connectivity index (χ1) is 14.1. The molecule has 1 aliphatic rings. The van der Waals surface area contributed by atoms with E-state index >= 15 is 0 Å². The topological polar surface area (TPSA) is 51.0 Å². The Hall–Kier alpha value is -2.69. The van der Waals surface area contributed by atoms with Crippen molar-refractivity contribution in [2.75, 3.05) is 6.54 Å². The molecule has 1 aliphatic heterocycles. The van der Waals surface area contributed by atoms with Gasteiger partial charge in [0.05, 0.1) is 5.52 Å². The summed E-state index contributed by atoms with van der Waals surface area (Å²) in [5.41, 5.74) is 8.64. The Morgan fingerprint density at radius 2 is 2.00 bits per heavy atom. The Kier molecular flexibility index (Phi) is 5.39. The summed E-state index contributed by atoms with van der Waals surface area (Å²) in [7, 11) is 0. The van der Waals surface area contributed by atoms with Gasteiger partial charge in [-0.15, -0.1) is 5.10 Å². The van der Waals surface area contributed by atoms with Crippen LogP contribution in [0.2, 0.25) is 0 Å². The van der Waals surface area contributed by atoms with E-state index in [2.05, 4.69) is 68.3 Å². The zero-order valence-electron chi connectivity index (χ0n) is 17.9. The highest BCUT2D eigenvalue weighted by molar-refractivity contribution is 5.79. The predicted octanol–water partition coefficient (Wildman–Crippen LogP) is 4.45. The number of amides is 1. The van der Waals surface area contributed by atoms with E-state index in [1.54, 1.807) is 0 Å². The van der Waals surface area contributed by atoms with Gasteiger partial charge in [0, 0.05) is 25.6 Å². The molecule has 0 N–H and O–H groups in total. The normalized spacial score (nSPS) is 15.9. The number of benzene rings is 2. The second kappa shape index (κ2) is 7.97. The summed E-state index contributed by atoms with van der Waals surface area (Å²) in [6, 6.07) is 11.3. The highest BCUT2D eigenvalue weighted by Crippen LogP contribution is 2.38. The summed E-state index contributed by atoms with van der Waals surface area (Å²) in [6.45, 7) is 11.2. The van der Waals surface area contributed by atoms with E-state index in [1.165, 1.54) is 27.8 Å². The number of aryl methyl sites for hydroxylation is 2. The monoisotopic (exact) mass is 390 g/mol. The SMILES string of the molecule is CCC(C)[C@@H](c1ccc2c(c1)CN(C=O)CC2)c1ccc2c(nnn2CC)c1C. The van der Waals surface area contributed by atoms with Crippen LogP contribution in [0.1, 0.15) is 60.9 Å². The van der Waals surface area contributed by atoms with Crippen LogP contribution in [0.5, 0.6) is 0 Å². The zero-order valence-corrected chi connectivity index (χ0v) is 17.9. The predicted molar refractivity (Wildman–Crippen MR) is 116 cm³/mol. The van der Waals surface area contributed by atoms with E-state index in [4.69, 9.17) is 0 Å². The highest BCUT2D eigenvalue weighted by atomic mass is 16.1. The summed E-state index contributed by atoms with van der Waals surface area (Å²) >= 11 is 0. The van der Waals surface area contributed by atoms with E-state index in [-0.39, 0.29) is 0 Å². The Morgan fingerprint density at radius 1 is 1.17 bits per heavy atom. The number of nitrogens with zero attached hydrogens (tertiary/aromatic N) is 4. The minimum atomic E-state index is 0.299. The van der Waals surface area contributed by atoms with Gasteiger partial charge in [-0.2, -0.15) is 0 Å². The number of hydrogen-bond acceptors (Lipinski definition) is 3. The maximum atomic E-state index is 11.3. The molecule has 0 aliphatic carbocycles. The molecule has 4 rings (SSSR count). The first-order valence-corrected chi connectivity index (χ1v) is 10.7. The second-order valence-corrected chi connectivity index (χ2v) is 8.27. The zero-order chi connectivity index (χ0) is 20.5. The number of carbonyl (C=O) groups is 1. The van der Waals surface area contributed by atoms with Crippen molar-refractivity contribution in [2.45, 2.75) is 59.5 Å². The molecule has 1 amide bonds. The first kappa shape index (κ1) is 19.6. The molecule has 2 heterocycles. The molecule has 2 atom stereocenters. The van der Waals surface area contributed by atoms with Gasteiger partial charge in [-0.05, 0) is 60.1 Å². The molecule has 5 nitrogen and oxygen atoms in total. The maximum absolute atomic E-state index is 11.3. The van der Waals surface area contributed by atoms with Crippen LogP contribution in [-0.4, -0.2) is 32.8 Å². The van der Waals surface area contributed by atoms with Crippen molar-refractivity contribution in [1.29, 1.82) is 0 Å². The number of carbonyl (C=O) groups excluding carboxylic acids is 1. The van der Waals surface area contributed by atoms with Crippen LogP contribution >= 0.6 is 0 Å². The van der Waals surface area contributed by atoms with Gasteiger partial charge in [-0.1, -0.05) is 49.7 Å². The van der Waals surface area contributed by atoms with Crippen LogP contribution in [0.3, 0.4) is 0 Å². The number of fused-ring (bicyclic) bond motifs is 2. The van der Waals surface area contributed by atoms with E-state index in [1.807, 2.05) is 9.58 Å². The van der Waals surface area contributed by atoms with Gasteiger partial charge in [0.2, 0.25) is 6.41 Å². The summed E-state index contributed by atoms with van der Waals surface area (Å²) in [6.07, 6.45) is 3.01. The van der Waals surface area contributed by atoms with Gasteiger partial charge >= 0.3 is 0 Å². The molecule has 0 bridgehead atoms. The fourth-order valence-corrected chi connectivity index (χ4v) is 4.69. The van der Waals surface area contributed by atoms with Crippen LogP contribution in [0, 0.1) is 12.8 Å². The van der Waals surface area contributed by atoms with Crippen molar-refractivity contribution in [3.63, 3.8) is 0 Å². The molecular weight excluding hydrogens is 360 g/mol. The van der Waals surface area contributed by atoms with Crippen molar-refractivity contribution in [3.8, 4) is 0 Å². The third-order valence-corrected chi connectivity index (χ3v) is 6.61. The van der Waals surface area contributed by atoms with Crippen LogP contribution in [0.25, 0.3) is 11.0 Å². The van der Waals surface area contributed by atoms with Gasteiger partial charge in [-0.25, -0.2) is 4.68 Å². The molecule has 1 aromatic heterocycles. The van der Waals surface area contributed by atoms with E-state index < -0.39 is 0 Å². The summed E-state index contributed by atoms with van der Waals surface area (Å²) < 4.78 is 1.96. The number of hydrogen-bond donors (Lipinski definition) is 0. The Morgan fingerprint density at radius 3 is 2.72 bits per heavy atom. The third-order valence-electron chi connectivity index (χ3n) is 6.61. The van der Waals surface area contributed by atoms with Crippen molar-refractivity contribution in [1.82, 2.24) is 19.9 Å². The summed E-state index contributed by atoms with van der Waals surface area (Å²) in [5.74, 6) is 0.796. The fourth-order valence-electron chi connectivity index (χ4n) is 4.69. The summed E-state index contributed by atoms with van der Waals surface area (Å²) in [4.78, 5) is 13.1. The Labute approximate surface area is 172 Å². The lowest BCUT2D eigenvalue weighted by Crippen LogP contribution is -2.29. The van der Waals surface area contributed by atoms with Gasteiger partial charge in [0.1, 0.15) is 5.52 Å². The molecule has 0 spiro atoms. The molecule has 3 aromatic rings. The van der Waals surface area contributed by atoms with Crippen molar-refractivity contribution in [2.24, 2.45) is 5.92 Å². The smallest absolute Gasteiger partial charge is 0.210 e. The largest absolute Gasteiger partial charge is 0.341 e. The average Bonchev–Trinajstić information content (AvgIpc) is 3.18. The van der Waals surface area contributed by atoms with Crippen LogP contribution in [-0.2, 0) is 24.3 Å². The lowest BCUT2D eigenvalue weighted by molar-refractivity contribution is -0.118. The second-order valence-electron chi connectivity index (χ2n) is 8.27. The third kappa shape index (κ3) is 3.43. The van der Waals surface area contributed by atoms with Gasteiger partial charge in [-0.3, -0.25) is 4.79 Å². The maximum Gasteiger partial charge on any atom is 0.210 e. The highest BCUT2D eigenvalue weighted by Gasteiger charge is 2.25. The minimum absolute atomic E-state index is 0.299. The van der Waals surface area contributed by atoms with E-state index in [9.17, 15) is 4.79 Å². The molecule has 1 unspecified atom stereocenters. The Balaban J connectivity index is 1.81. The summed E-state index contributed by atoms with van der Waals surface area (Å²) in [5, 5.41) is 8.79. The van der Waals surface area contributed by atoms with E-state index in [0.717, 1.165) is 43.4 Å².